The summed E-state index contributed by atoms with van der Waals surface area (Å²) in [6.07, 6.45) is 3.06. The minimum atomic E-state index is -4.00. The lowest BCUT2D eigenvalue weighted by Gasteiger charge is -2.22. The fourth-order valence-corrected chi connectivity index (χ4v) is 5.35. The van der Waals surface area contributed by atoms with Gasteiger partial charge in [0, 0.05) is 13.3 Å². The number of carboxylic acid groups (broad SMARTS) is 1. The number of hydrogen-bond acceptors (Lipinski definition) is 5. The first-order valence-electron chi connectivity index (χ1n) is 8.20. The van der Waals surface area contributed by atoms with Crippen molar-refractivity contribution in [3.63, 3.8) is 0 Å². The number of fused-ring (bicyclic) bond motifs is 1. The van der Waals surface area contributed by atoms with E-state index in [0.29, 0.717) is 18.4 Å². The van der Waals surface area contributed by atoms with E-state index in [9.17, 15) is 26.7 Å². The van der Waals surface area contributed by atoms with E-state index < -0.39 is 25.8 Å². The molecular formula is C18H19NO6S2. The largest absolute Gasteiger partial charge is 0.478 e. The normalized spacial score (nSPS) is 14.0. The molecule has 2 aromatic carbocycles. The van der Waals surface area contributed by atoms with Crippen LogP contribution in [0.5, 0.6) is 0 Å². The van der Waals surface area contributed by atoms with Gasteiger partial charge >= 0.3 is 5.97 Å². The maximum Gasteiger partial charge on any atom is 0.335 e. The summed E-state index contributed by atoms with van der Waals surface area (Å²) in [6.45, 7) is 0. The molecule has 0 heterocycles. The van der Waals surface area contributed by atoms with Gasteiger partial charge in [0.2, 0.25) is 0 Å². The number of sulfonamides is 1. The van der Waals surface area contributed by atoms with Crippen LogP contribution in [0, 0.1) is 0 Å². The molecule has 1 aliphatic rings. The Hall–Kier alpha value is -2.39. The Bertz CT molecular complexity index is 1120. The predicted octanol–water partition coefficient (Wildman–Crippen LogP) is 2.10. The molecule has 0 saturated carbocycles. The van der Waals surface area contributed by atoms with E-state index in [-0.39, 0.29) is 21.0 Å². The van der Waals surface area contributed by atoms with Crippen LogP contribution in [0.4, 0.5) is 5.69 Å². The number of carbonyl (C=O) groups is 1. The zero-order valence-electron chi connectivity index (χ0n) is 14.8. The van der Waals surface area contributed by atoms with Crippen molar-refractivity contribution in [1.82, 2.24) is 0 Å². The van der Waals surface area contributed by atoms with E-state index in [0.717, 1.165) is 22.5 Å². The molecule has 0 unspecified atom stereocenters. The van der Waals surface area contributed by atoms with E-state index in [1.165, 1.54) is 43.4 Å². The first kappa shape index (κ1) is 19.4. The maximum atomic E-state index is 13.2. The number of anilines is 1. The summed E-state index contributed by atoms with van der Waals surface area (Å²) in [6, 6.07) is 8.24. The third kappa shape index (κ3) is 3.57. The Morgan fingerprint density at radius 2 is 1.67 bits per heavy atom. The second kappa shape index (κ2) is 6.65. The molecule has 9 heteroatoms. The van der Waals surface area contributed by atoms with Crippen molar-refractivity contribution in [2.75, 3.05) is 17.6 Å². The standard InChI is InChI=1S/C18H19NO6S2/c1-19(14-6-8-15(9-7-14)26(2,22)23)27(24,25)17-11-13(18(20)21)10-12-4-3-5-16(12)17/h6-11H,3-5H2,1-2H3,(H,20,21). The van der Waals surface area contributed by atoms with Gasteiger partial charge in [-0.2, -0.15) is 0 Å². The number of hydrogen-bond donors (Lipinski definition) is 1. The lowest BCUT2D eigenvalue weighted by molar-refractivity contribution is 0.0696. The van der Waals surface area contributed by atoms with E-state index in [1.54, 1.807) is 0 Å². The van der Waals surface area contributed by atoms with Crippen LogP contribution in [0.3, 0.4) is 0 Å². The molecule has 144 valence electrons. The van der Waals surface area contributed by atoms with Gasteiger partial charge in [-0.05, 0) is 66.8 Å². The topological polar surface area (TPSA) is 109 Å². The zero-order valence-corrected chi connectivity index (χ0v) is 16.5. The Balaban J connectivity index is 2.08. The van der Waals surface area contributed by atoms with Gasteiger partial charge in [0.25, 0.3) is 10.0 Å². The third-order valence-electron chi connectivity index (χ3n) is 4.69. The van der Waals surface area contributed by atoms with Crippen molar-refractivity contribution in [2.45, 2.75) is 29.1 Å². The average Bonchev–Trinajstić information content (AvgIpc) is 3.07. The van der Waals surface area contributed by atoms with Crippen molar-refractivity contribution in [2.24, 2.45) is 0 Å². The Morgan fingerprint density at radius 3 is 2.22 bits per heavy atom. The summed E-state index contributed by atoms with van der Waals surface area (Å²) in [4.78, 5) is 11.5. The highest BCUT2D eigenvalue weighted by Gasteiger charge is 2.29. The zero-order chi connectivity index (χ0) is 20.0. The van der Waals surface area contributed by atoms with Crippen molar-refractivity contribution >= 4 is 31.5 Å². The average molecular weight is 409 g/mol. The van der Waals surface area contributed by atoms with E-state index >= 15 is 0 Å². The second-order valence-corrected chi connectivity index (χ2v) is 10.5. The highest BCUT2D eigenvalue weighted by Crippen LogP contribution is 2.33. The molecule has 0 amide bonds. The van der Waals surface area contributed by atoms with Gasteiger partial charge in [0.05, 0.1) is 21.0 Å². The summed E-state index contributed by atoms with van der Waals surface area (Å²) in [5.41, 5.74) is 1.62. The molecule has 0 bridgehead atoms. The van der Waals surface area contributed by atoms with Crippen LogP contribution in [0.25, 0.3) is 0 Å². The van der Waals surface area contributed by atoms with E-state index in [2.05, 4.69) is 0 Å². The highest BCUT2D eigenvalue weighted by molar-refractivity contribution is 7.93. The predicted molar refractivity (Wildman–Crippen MR) is 101 cm³/mol. The van der Waals surface area contributed by atoms with Crippen molar-refractivity contribution in [3.05, 3.63) is 53.1 Å². The van der Waals surface area contributed by atoms with Crippen molar-refractivity contribution in [1.29, 1.82) is 0 Å². The van der Waals surface area contributed by atoms with Gasteiger partial charge in [-0.15, -0.1) is 0 Å². The van der Waals surface area contributed by atoms with Gasteiger partial charge in [0.1, 0.15) is 0 Å². The summed E-state index contributed by atoms with van der Waals surface area (Å²) in [7, 11) is -6.03. The SMILES string of the molecule is CN(c1ccc(S(C)(=O)=O)cc1)S(=O)(=O)c1cc(C(=O)O)cc2c1CCC2. The van der Waals surface area contributed by atoms with Crippen LogP contribution in [0.15, 0.2) is 46.2 Å². The fourth-order valence-electron chi connectivity index (χ4n) is 3.21. The van der Waals surface area contributed by atoms with E-state index in [1.807, 2.05) is 0 Å². The number of nitrogens with zero attached hydrogens (tertiary/aromatic N) is 1. The molecule has 1 aliphatic carbocycles. The highest BCUT2D eigenvalue weighted by atomic mass is 32.2. The summed E-state index contributed by atoms with van der Waals surface area (Å²) in [5, 5.41) is 9.30. The second-order valence-electron chi connectivity index (χ2n) is 6.51. The Morgan fingerprint density at radius 1 is 1.04 bits per heavy atom. The molecule has 0 radical (unpaired) electrons. The Labute approximate surface area is 158 Å². The van der Waals surface area contributed by atoms with Gasteiger partial charge in [-0.1, -0.05) is 0 Å². The lowest BCUT2D eigenvalue weighted by Crippen LogP contribution is -2.28. The molecule has 1 N–H and O–H groups in total. The quantitative estimate of drug-likeness (QED) is 0.810. The molecule has 0 atom stereocenters. The number of sulfone groups is 1. The molecule has 0 aromatic heterocycles. The van der Waals surface area contributed by atoms with Crippen LogP contribution in [-0.2, 0) is 32.7 Å². The number of benzene rings is 2. The first-order chi connectivity index (χ1) is 12.5. The van der Waals surface area contributed by atoms with Gasteiger partial charge < -0.3 is 5.11 Å². The van der Waals surface area contributed by atoms with Gasteiger partial charge in [0.15, 0.2) is 9.84 Å². The number of rotatable bonds is 5. The molecule has 0 fully saturated rings. The van der Waals surface area contributed by atoms with Crippen LogP contribution in [0.2, 0.25) is 0 Å². The molecular weight excluding hydrogens is 390 g/mol. The summed E-state index contributed by atoms with van der Waals surface area (Å²) in [5.74, 6) is -1.18. The Kier molecular flexibility index (Phi) is 4.77. The maximum absolute atomic E-state index is 13.2. The van der Waals surface area contributed by atoms with Crippen molar-refractivity contribution < 1.29 is 26.7 Å². The fraction of sp³-hybridized carbons (Fsp3) is 0.278. The number of aromatic carboxylic acids is 1. The molecule has 0 saturated heterocycles. The van der Waals surface area contributed by atoms with Crippen molar-refractivity contribution in [3.8, 4) is 0 Å². The lowest BCUT2D eigenvalue weighted by atomic mass is 10.1. The third-order valence-corrected chi connectivity index (χ3v) is 7.67. The summed E-state index contributed by atoms with van der Waals surface area (Å²) >= 11 is 0. The summed E-state index contributed by atoms with van der Waals surface area (Å²) < 4.78 is 50.5. The first-order valence-corrected chi connectivity index (χ1v) is 11.5. The molecule has 7 nitrogen and oxygen atoms in total. The minimum Gasteiger partial charge on any atom is -0.478 e. The smallest absolute Gasteiger partial charge is 0.335 e. The molecule has 0 spiro atoms. The molecule has 2 aromatic rings. The van der Waals surface area contributed by atoms with Crippen LogP contribution < -0.4 is 4.31 Å². The molecule has 27 heavy (non-hydrogen) atoms. The monoisotopic (exact) mass is 409 g/mol. The molecule has 0 aliphatic heterocycles. The van der Waals surface area contributed by atoms with Crippen LogP contribution in [0.1, 0.15) is 27.9 Å². The molecule has 3 rings (SSSR count). The van der Waals surface area contributed by atoms with Gasteiger partial charge in [-0.25, -0.2) is 21.6 Å². The van der Waals surface area contributed by atoms with E-state index in [4.69, 9.17) is 0 Å². The van der Waals surface area contributed by atoms with Crippen LogP contribution in [-0.4, -0.2) is 41.2 Å². The number of aryl methyl sites for hydroxylation is 1. The van der Waals surface area contributed by atoms with Crippen LogP contribution >= 0.6 is 0 Å². The minimum absolute atomic E-state index is 0.00964. The number of carboxylic acids is 1. The van der Waals surface area contributed by atoms with Gasteiger partial charge in [-0.3, -0.25) is 4.31 Å².